The number of carboxylic acids is 1. The van der Waals surface area contributed by atoms with Crippen molar-refractivity contribution in [3.05, 3.63) is 29.8 Å². The van der Waals surface area contributed by atoms with Gasteiger partial charge in [-0.15, -0.1) is 0 Å². The number of carbonyl (C=O) groups is 2. The fourth-order valence-corrected chi connectivity index (χ4v) is 1.86. The lowest BCUT2D eigenvalue weighted by Gasteiger charge is -2.25. The average Bonchev–Trinajstić information content (AvgIpc) is 2.35. The van der Waals surface area contributed by atoms with Crippen LogP contribution >= 0.6 is 0 Å². The normalized spacial score (nSPS) is 11.1. The number of aryl methyl sites for hydroxylation is 1. The molecule has 0 aliphatic rings. The van der Waals surface area contributed by atoms with Crippen molar-refractivity contribution in [2.75, 3.05) is 5.73 Å². The van der Waals surface area contributed by atoms with Crippen molar-refractivity contribution in [3.63, 3.8) is 0 Å². The minimum absolute atomic E-state index is 0.0469. The van der Waals surface area contributed by atoms with E-state index < -0.39 is 11.5 Å². The standard InChI is InChI=1S/C15H22N2O3/c1-15(2,10-9-14(19)20)17-13(18)8-5-11-3-6-12(16)7-4-11/h3-4,6-7H,5,8-10,16H2,1-2H3,(H,17,18)(H,19,20). The topological polar surface area (TPSA) is 92.4 Å². The van der Waals surface area contributed by atoms with Crippen molar-refractivity contribution in [2.45, 2.75) is 45.1 Å². The molecule has 4 N–H and O–H groups in total. The predicted molar refractivity (Wildman–Crippen MR) is 78.3 cm³/mol. The predicted octanol–water partition coefficient (Wildman–Crippen LogP) is 1.96. The number of rotatable bonds is 7. The fourth-order valence-electron chi connectivity index (χ4n) is 1.86. The maximum atomic E-state index is 11.9. The Hall–Kier alpha value is -2.04. The monoisotopic (exact) mass is 278 g/mol. The van der Waals surface area contributed by atoms with Gasteiger partial charge in [0.05, 0.1) is 0 Å². The molecule has 1 aromatic carbocycles. The summed E-state index contributed by atoms with van der Waals surface area (Å²) in [6, 6.07) is 7.42. The van der Waals surface area contributed by atoms with Crippen LogP contribution in [-0.2, 0) is 16.0 Å². The molecular formula is C15H22N2O3. The zero-order valence-electron chi connectivity index (χ0n) is 12.0. The van der Waals surface area contributed by atoms with E-state index in [-0.39, 0.29) is 12.3 Å². The van der Waals surface area contributed by atoms with Crippen LogP contribution in [0.4, 0.5) is 5.69 Å². The summed E-state index contributed by atoms with van der Waals surface area (Å²) in [5.41, 5.74) is 6.85. The third-order valence-corrected chi connectivity index (χ3v) is 3.06. The summed E-state index contributed by atoms with van der Waals surface area (Å²) in [6.07, 6.45) is 1.47. The smallest absolute Gasteiger partial charge is 0.303 e. The number of carbonyl (C=O) groups excluding carboxylic acids is 1. The Kier molecular flexibility index (Phi) is 5.55. The number of nitrogens with one attached hydrogen (secondary N) is 1. The van der Waals surface area contributed by atoms with E-state index in [2.05, 4.69) is 5.32 Å². The summed E-state index contributed by atoms with van der Waals surface area (Å²) in [6.45, 7) is 3.66. The molecule has 0 bridgehead atoms. The van der Waals surface area contributed by atoms with Gasteiger partial charge in [0.15, 0.2) is 0 Å². The van der Waals surface area contributed by atoms with Crippen molar-refractivity contribution < 1.29 is 14.7 Å². The Labute approximate surface area is 119 Å². The second-order valence-electron chi connectivity index (χ2n) is 5.57. The molecule has 0 unspecified atom stereocenters. The zero-order valence-corrected chi connectivity index (χ0v) is 12.0. The number of nitrogens with two attached hydrogens (primary N) is 1. The van der Waals surface area contributed by atoms with Gasteiger partial charge in [0.2, 0.25) is 5.91 Å². The van der Waals surface area contributed by atoms with Crippen LogP contribution in [0.25, 0.3) is 0 Å². The van der Waals surface area contributed by atoms with Gasteiger partial charge in [-0.3, -0.25) is 9.59 Å². The first kappa shape index (κ1) is 16.0. The lowest BCUT2D eigenvalue weighted by Crippen LogP contribution is -2.43. The van der Waals surface area contributed by atoms with Crippen molar-refractivity contribution in [3.8, 4) is 0 Å². The Balaban J connectivity index is 2.39. The molecule has 5 nitrogen and oxygen atoms in total. The summed E-state index contributed by atoms with van der Waals surface area (Å²) in [5.74, 6) is -0.925. The number of anilines is 1. The summed E-state index contributed by atoms with van der Waals surface area (Å²) >= 11 is 0. The van der Waals surface area contributed by atoms with Gasteiger partial charge >= 0.3 is 5.97 Å². The van der Waals surface area contributed by atoms with E-state index in [1.807, 2.05) is 38.1 Å². The number of hydrogen-bond acceptors (Lipinski definition) is 3. The van der Waals surface area contributed by atoms with Crippen LogP contribution in [0.1, 0.15) is 38.7 Å². The number of aliphatic carboxylic acids is 1. The van der Waals surface area contributed by atoms with Gasteiger partial charge in [0.1, 0.15) is 0 Å². The highest BCUT2D eigenvalue weighted by Gasteiger charge is 2.21. The van der Waals surface area contributed by atoms with E-state index in [9.17, 15) is 9.59 Å². The zero-order chi connectivity index (χ0) is 15.2. The van der Waals surface area contributed by atoms with Gasteiger partial charge in [-0.25, -0.2) is 0 Å². The highest BCUT2D eigenvalue weighted by Crippen LogP contribution is 2.12. The molecule has 0 saturated heterocycles. The molecule has 0 spiro atoms. The molecule has 0 fully saturated rings. The molecule has 0 atom stereocenters. The second kappa shape index (κ2) is 6.93. The van der Waals surface area contributed by atoms with E-state index in [1.165, 1.54) is 0 Å². The highest BCUT2D eigenvalue weighted by molar-refractivity contribution is 5.77. The quantitative estimate of drug-likeness (QED) is 0.665. The molecule has 110 valence electrons. The molecule has 0 aromatic heterocycles. The van der Waals surface area contributed by atoms with E-state index >= 15 is 0 Å². The van der Waals surface area contributed by atoms with Gasteiger partial charge in [0, 0.05) is 24.1 Å². The molecular weight excluding hydrogens is 256 g/mol. The van der Waals surface area contributed by atoms with E-state index in [0.29, 0.717) is 24.9 Å². The number of benzene rings is 1. The molecule has 20 heavy (non-hydrogen) atoms. The Bertz CT molecular complexity index is 467. The maximum Gasteiger partial charge on any atom is 0.303 e. The maximum absolute atomic E-state index is 11.9. The van der Waals surface area contributed by atoms with E-state index in [4.69, 9.17) is 10.8 Å². The SMILES string of the molecule is CC(C)(CCC(=O)O)NC(=O)CCc1ccc(N)cc1. The van der Waals surface area contributed by atoms with Crippen LogP contribution in [0.3, 0.4) is 0 Å². The van der Waals surface area contributed by atoms with Gasteiger partial charge in [-0.2, -0.15) is 0 Å². The third-order valence-electron chi connectivity index (χ3n) is 3.06. The van der Waals surface area contributed by atoms with Crippen molar-refractivity contribution >= 4 is 17.6 Å². The number of amides is 1. The lowest BCUT2D eigenvalue weighted by molar-refractivity contribution is -0.137. The number of carboxylic acid groups (broad SMARTS) is 1. The van der Waals surface area contributed by atoms with Crippen LogP contribution in [-0.4, -0.2) is 22.5 Å². The van der Waals surface area contributed by atoms with Gasteiger partial charge in [-0.05, 0) is 44.4 Å². The van der Waals surface area contributed by atoms with Crippen molar-refractivity contribution in [2.24, 2.45) is 0 Å². The summed E-state index contributed by atoms with van der Waals surface area (Å²) in [5, 5.41) is 11.5. The minimum Gasteiger partial charge on any atom is -0.481 e. The average molecular weight is 278 g/mol. The van der Waals surface area contributed by atoms with Gasteiger partial charge in [-0.1, -0.05) is 12.1 Å². The lowest BCUT2D eigenvalue weighted by atomic mass is 9.98. The largest absolute Gasteiger partial charge is 0.481 e. The molecule has 1 rings (SSSR count). The molecule has 0 radical (unpaired) electrons. The van der Waals surface area contributed by atoms with Crippen LogP contribution in [0, 0.1) is 0 Å². The van der Waals surface area contributed by atoms with Crippen LogP contribution in [0.2, 0.25) is 0 Å². The first-order valence-electron chi connectivity index (χ1n) is 6.66. The molecule has 0 aliphatic heterocycles. The van der Waals surface area contributed by atoms with Crippen LogP contribution in [0.5, 0.6) is 0 Å². The Morgan fingerprint density at radius 1 is 1.20 bits per heavy atom. The van der Waals surface area contributed by atoms with Gasteiger partial charge in [0.25, 0.3) is 0 Å². The molecule has 0 heterocycles. The number of nitrogen functional groups attached to an aromatic ring is 1. The highest BCUT2D eigenvalue weighted by atomic mass is 16.4. The van der Waals surface area contributed by atoms with Crippen molar-refractivity contribution in [1.29, 1.82) is 0 Å². The van der Waals surface area contributed by atoms with Crippen LogP contribution in [0.15, 0.2) is 24.3 Å². The molecule has 0 saturated carbocycles. The summed E-state index contributed by atoms with van der Waals surface area (Å²) in [4.78, 5) is 22.4. The minimum atomic E-state index is -0.853. The Morgan fingerprint density at radius 2 is 1.80 bits per heavy atom. The summed E-state index contributed by atoms with van der Waals surface area (Å²) in [7, 11) is 0. The van der Waals surface area contributed by atoms with E-state index in [1.54, 1.807) is 0 Å². The first-order chi connectivity index (χ1) is 9.28. The van der Waals surface area contributed by atoms with E-state index in [0.717, 1.165) is 5.56 Å². The van der Waals surface area contributed by atoms with Crippen molar-refractivity contribution in [1.82, 2.24) is 5.32 Å². The molecule has 0 aliphatic carbocycles. The molecule has 5 heteroatoms. The molecule has 1 amide bonds. The third kappa shape index (κ3) is 6.22. The fraction of sp³-hybridized carbons (Fsp3) is 0.467. The van der Waals surface area contributed by atoms with Crippen LogP contribution < -0.4 is 11.1 Å². The van der Waals surface area contributed by atoms with Gasteiger partial charge < -0.3 is 16.2 Å². The Morgan fingerprint density at radius 3 is 2.35 bits per heavy atom. The number of hydrogen-bond donors (Lipinski definition) is 3. The molecule has 1 aromatic rings. The summed E-state index contributed by atoms with van der Waals surface area (Å²) < 4.78 is 0. The second-order valence-corrected chi connectivity index (χ2v) is 5.57. The first-order valence-corrected chi connectivity index (χ1v) is 6.66.